The van der Waals surface area contributed by atoms with E-state index in [2.05, 4.69) is 10.3 Å². The highest BCUT2D eigenvalue weighted by Gasteiger charge is 2.50. The Bertz CT molecular complexity index is 872. The highest BCUT2D eigenvalue weighted by Crippen LogP contribution is 2.28. The zero-order chi connectivity index (χ0) is 18.3. The Labute approximate surface area is 148 Å². The molecule has 0 radical (unpaired) electrons. The predicted molar refractivity (Wildman–Crippen MR) is 89.9 cm³/mol. The van der Waals surface area contributed by atoms with Crippen LogP contribution in [0, 0.1) is 5.82 Å². The number of hydrogen-bond donors (Lipinski definition) is 1. The Morgan fingerprint density at radius 3 is 2.65 bits per heavy atom. The van der Waals surface area contributed by atoms with Gasteiger partial charge >= 0.3 is 6.03 Å². The molecule has 2 fully saturated rings. The fourth-order valence-electron chi connectivity index (χ4n) is 3.42. The molecule has 0 bridgehead atoms. The minimum atomic E-state index is -0.801. The summed E-state index contributed by atoms with van der Waals surface area (Å²) in [6, 6.07) is 6.54. The molecule has 7 nitrogen and oxygen atoms in total. The van der Waals surface area contributed by atoms with Gasteiger partial charge in [0.2, 0.25) is 0 Å². The van der Waals surface area contributed by atoms with Crippen LogP contribution in [-0.2, 0) is 4.79 Å². The molecule has 2 aliphatic heterocycles. The van der Waals surface area contributed by atoms with Gasteiger partial charge in [-0.15, -0.1) is 0 Å². The van der Waals surface area contributed by atoms with Gasteiger partial charge in [0, 0.05) is 18.9 Å². The number of anilines is 1. The van der Waals surface area contributed by atoms with E-state index in [1.165, 1.54) is 35.4 Å². The normalized spacial score (nSPS) is 22.2. The maximum absolute atomic E-state index is 13.2. The van der Waals surface area contributed by atoms with E-state index in [1.54, 1.807) is 18.3 Å². The van der Waals surface area contributed by atoms with Crippen LogP contribution in [0.15, 0.2) is 48.8 Å². The molecule has 2 aliphatic rings. The van der Waals surface area contributed by atoms with Crippen molar-refractivity contribution in [2.24, 2.45) is 0 Å². The van der Waals surface area contributed by atoms with Crippen LogP contribution in [0.2, 0.25) is 0 Å². The Balaban J connectivity index is 1.65. The summed E-state index contributed by atoms with van der Waals surface area (Å²) in [5.74, 6) is -1.28. The second-order valence-electron chi connectivity index (χ2n) is 6.18. The van der Waals surface area contributed by atoms with Gasteiger partial charge in [0.05, 0.1) is 17.3 Å². The molecule has 1 aromatic carbocycles. The molecule has 0 spiro atoms. The fraction of sp³-hybridized carbons (Fsp3) is 0.222. The smallest absolute Gasteiger partial charge is 0.329 e. The van der Waals surface area contributed by atoms with Gasteiger partial charge in [-0.1, -0.05) is 0 Å². The summed E-state index contributed by atoms with van der Waals surface area (Å²) in [4.78, 5) is 44.5. The van der Waals surface area contributed by atoms with Crippen LogP contribution < -0.4 is 10.2 Å². The summed E-state index contributed by atoms with van der Waals surface area (Å²) >= 11 is 0. The second-order valence-corrected chi connectivity index (χ2v) is 6.18. The highest BCUT2D eigenvalue weighted by atomic mass is 19.1. The molecule has 2 atom stereocenters. The third kappa shape index (κ3) is 2.59. The number of rotatable bonds is 2. The van der Waals surface area contributed by atoms with Gasteiger partial charge in [0.1, 0.15) is 11.9 Å². The minimum Gasteiger partial charge on any atom is -0.332 e. The quantitative estimate of drug-likeness (QED) is 0.887. The molecule has 0 saturated carbocycles. The number of carbonyl (C=O) groups is 3. The molecular weight excluding hydrogens is 339 g/mol. The average Bonchev–Trinajstić information content (AvgIpc) is 3.07. The molecule has 0 aliphatic carbocycles. The van der Waals surface area contributed by atoms with E-state index >= 15 is 0 Å². The maximum atomic E-state index is 13.2. The van der Waals surface area contributed by atoms with E-state index in [4.69, 9.17) is 0 Å². The number of fused-ring (bicyclic) bond motifs is 1. The number of benzene rings is 1. The van der Waals surface area contributed by atoms with Gasteiger partial charge in [-0.2, -0.15) is 0 Å². The van der Waals surface area contributed by atoms with E-state index in [-0.39, 0.29) is 11.6 Å². The summed E-state index contributed by atoms with van der Waals surface area (Å²) in [6.45, 7) is 0.354. The summed E-state index contributed by atoms with van der Waals surface area (Å²) < 4.78 is 13.2. The van der Waals surface area contributed by atoms with Gasteiger partial charge < -0.3 is 10.2 Å². The van der Waals surface area contributed by atoms with Gasteiger partial charge in [0.25, 0.3) is 11.8 Å². The van der Waals surface area contributed by atoms with Crippen LogP contribution in [0.1, 0.15) is 16.8 Å². The topological polar surface area (TPSA) is 82.6 Å². The SMILES string of the molecule is O=C1N[C@@H]2CCN(C(=O)c3cccnc3)[C@@H]2C(=O)N1c1ccc(F)cc1. The van der Waals surface area contributed by atoms with E-state index in [1.807, 2.05) is 0 Å². The van der Waals surface area contributed by atoms with Crippen LogP contribution in [0.3, 0.4) is 0 Å². The molecule has 132 valence electrons. The average molecular weight is 354 g/mol. The van der Waals surface area contributed by atoms with Gasteiger partial charge in [-0.05, 0) is 42.8 Å². The largest absolute Gasteiger partial charge is 0.332 e. The lowest BCUT2D eigenvalue weighted by Gasteiger charge is -2.36. The first kappa shape index (κ1) is 16.2. The Morgan fingerprint density at radius 2 is 1.96 bits per heavy atom. The number of aromatic nitrogens is 1. The van der Waals surface area contributed by atoms with Crippen molar-refractivity contribution in [2.75, 3.05) is 11.4 Å². The number of pyridine rings is 1. The molecule has 2 aromatic rings. The first-order valence-corrected chi connectivity index (χ1v) is 8.17. The minimum absolute atomic E-state index is 0.257. The number of nitrogens with zero attached hydrogens (tertiary/aromatic N) is 3. The fourth-order valence-corrected chi connectivity index (χ4v) is 3.42. The van der Waals surface area contributed by atoms with E-state index < -0.39 is 29.8 Å². The molecule has 8 heteroatoms. The zero-order valence-electron chi connectivity index (χ0n) is 13.6. The van der Waals surface area contributed by atoms with Crippen molar-refractivity contribution in [1.82, 2.24) is 15.2 Å². The lowest BCUT2D eigenvalue weighted by molar-refractivity contribution is -0.122. The van der Waals surface area contributed by atoms with Crippen molar-refractivity contribution >= 4 is 23.5 Å². The number of carbonyl (C=O) groups excluding carboxylic acids is 3. The monoisotopic (exact) mass is 354 g/mol. The number of halogens is 1. The van der Waals surface area contributed by atoms with Crippen molar-refractivity contribution in [3.05, 3.63) is 60.2 Å². The second kappa shape index (κ2) is 6.21. The first-order chi connectivity index (χ1) is 12.6. The number of amides is 4. The third-order valence-corrected chi connectivity index (χ3v) is 4.64. The molecule has 0 unspecified atom stereocenters. The van der Waals surface area contributed by atoms with Crippen LogP contribution in [0.25, 0.3) is 0 Å². The van der Waals surface area contributed by atoms with Crippen LogP contribution in [-0.4, -0.2) is 46.4 Å². The van der Waals surface area contributed by atoms with Crippen molar-refractivity contribution in [3.63, 3.8) is 0 Å². The number of nitrogens with one attached hydrogen (secondary N) is 1. The van der Waals surface area contributed by atoms with Crippen LogP contribution in [0.4, 0.5) is 14.9 Å². The maximum Gasteiger partial charge on any atom is 0.329 e. The Morgan fingerprint density at radius 1 is 1.19 bits per heavy atom. The standard InChI is InChI=1S/C18H15FN4O3/c19-12-3-5-13(6-4-12)23-17(25)15-14(21-18(23)26)7-9-22(15)16(24)11-2-1-8-20-10-11/h1-6,8,10,14-15H,7,9H2,(H,21,26)/t14-,15+/m1/s1. The molecule has 2 saturated heterocycles. The van der Waals surface area contributed by atoms with Gasteiger partial charge in [0.15, 0.2) is 0 Å². The van der Waals surface area contributed by atoms with Crippen molar-refractivity contribution < 1.29 is 18.8 Å². The molecule has 26 heavy (non-hydrogen) atoms. The number of urea groups is 1. The number of likely N-dealkylation sites (tertiary alicyclic amines) is 1. The zero-order valence-corrected chi connectivity index (χ0v) is 13.6. The first-order valence-electron chi connectivity index (χ1n) is 8.17. The van der Waals surface area contributed by atoms with Gasteiger partial charge in [-0.25, -0.2) is 14.1 Å². The lowest BCUT2D eigenvalue weighted by Crippen LogP contribution is -2.65. The lowest BCUT2D eigenvalue weighted by atomic mass is 10.0. The molecule has 4 amide bonds. The number of hydrogen-bond acceptors (Lipinski definition) is 4. The molecule has 1 aromatic heterocycles. The Hall–Kier alpha value is -3.29. The number of imide groups is 1. The summed E-state index contributed by atoms with van der Waals surface area (Å²) in [6.07, 6.45) is 3.50. The van der Waals surface area contributed by atoms with Crippen molar-refractivity contribution in [3.8, 4) is 0 Å². The van der Waals surface area contributed by atoms with Crippen LogP contribution >= 0.6 is 0 Å². The summed E-state index contributed by atoms with van der Waals surface area (Å²) in [5.41, 5.74) is 0.638. The summed E-state index contributed by atoms with van der Waals surface area (Å²) in [7, 11) is 0. The predicted octanol–water partition coefficient (Wildman–Crippen LogP) is 1.56. The van der Waals surface area contributed by atoms with E-state index in [0.29, 0.717) is 18.5 Å². The molecule has 4 rings (SSSR count). The molecule has 3 heterocycles. The highest BCUT2D eigenvalue weighted by molar-refractivity contribution is 6.19. The van der Waals surface area contributed by atoms with E-state index in [9.17, 15) is 18.8 Å². The summed E-state index contributed by atoms with van der Waals surface area (Å²) in [5, 5.41) is 2.77. The molecule has 1 N–H and O–H groups in total. The molecular formula is C18H15FN4O3. The van der Waals surface area contributed by atoms with Crippen molar-refractivity contribution in [2.45, 2.75) is 18.5 Å². The van der Waals surface area contributed by atoms with Crippen molar-refractivity contribution in [1.29, 1.82) is 0 Å². The van der Waals surface area contributed by atoms with Gasteiger partial charge in [-0.3, -0.25) is 14.6 Å². The van der Waals surface area contributed by atoms with E-state index in [0.717, 1.165) is 4.90 Å². The Kier molecular flexibility index (Phi) is 3.87. The third-order valence-electron chi connectivity index (χ3n) is 4.64. The van der Waals surface area contributed by atoms with Crippen LogP contribution in [0.5, 0.6) is 0 Å².